The van der Waals surface area contributed by atoms with Gasteiger partial charge in [0.2, 0.25) is 0 Å². The van der Waals surface area contributed by atoms with Crippen LogP contribution in [-0.4, -0.2) is 9.97 Å². The number of nitrogens with one attached hydrogen (secondary N) is 1. The molecule has 0 saturated heterocycles. The molecule has 1 aromatic carbocycles. The summed E-state index contributed by atoms with van der Waals surface area (Å²) in [5, 5.41) is 1.20. The summed E-state index contributed by atoms with van der Waals surface area (Å²) in [5.74, 6) is 0.834. The van der Waals surface area contributed by atoms with Crippen LogP contribution in [0.1, 0.15) is 26.6 Å². The Morgan fingerprint density at radius 3 is 2.42 bits per heavy atom. The predicted octanol–water partition coefficient (Wildman–Crippen LogP) is 5.41. The molecule has 2 aromatic rings. The van der Waals surface area contributed by atoms with Crippen molar-refractivity contribution in [2.75, 3.05) is 0 Å². The van der Waals surface area contributed by atoms with E-state index < -0.39 is 0 Å². The van der Waals surface area contributed by atoms with Gasteiger partial charge in [0.25, 0.3) is 0 Å². The number of rotatable bonds is 1. The molecular weight excluding hydrogens is 299 g/mol. The van der Waals surface area contributed by atoms with Crippen molar-refractivity contribution in [2.45, 2.75) is 26.2 Å². The molecule has 100 valence electrons. The second-order valence-electron chi connectivity index (χ2n) is 5.36. The molecule has 0 radical (unpaired) electrons. The Hall–Kier alpha value is -0.900. The van der Waals surface area contributed by atoms with Crippen LogP contribution in [0.4, 0.5) is 0 Å². The van der Waals surface area contributed by atoms with E-state index in [-0.39, 0.29) is 5.41 Å². The van der Waals surface area contributed by atoms with Gasteiger partial charge in [-0.25, -0.2) is 4.98 Å². The maximum absolute atomic E-state index is 6.22. The summed E-state index contributed by atoms with van der Waals surface area (Å²) in [6.45, 7) is 6.23. The van der Waals surface area contributed by atoms with Crippen LogP contribution in [0.5, 0.6) is 0 Å². The minimum Gasteiger partial charge on any atom is -0.343 e. The van der Waals surface area contributed by atoms with E-state index in [9.17, 15) is 0 Å². The van der Waals surface area contributed by atoms with Crippen LogP contribution in [0, 0.1) is 4.64 Å². The van der Waals surface area contributed by atoms with Gasteiger partial charge < -0.3 is 4.98 Å². The Morgan fingerprint density at radius 2 is 1.84 bits per heavy atom. The van der Waals surface area contributed by atoms with E-state index in [2.05, 4.69) is 30.7 Å². The Balaban J connectivity index is 2.63. The zero-order chi connectivity index (χ0) is 14.2. The standard InChI is InChI=1S/C14H14Cl2N2S/c1-14(2,3)13-17-11(7-12(19)18-13)9-5-4-8(15)6-10(9)16/h4-7H,1-3H3,(H,17,18,19). The molecule has 1 heterocycles. The smallest absolute Gasteiger partial charge is 0.130 e. The maximum atomic E-state index is 6.22. The third-order valence-electron chi connectivity index (χ3n) is 2.67. The summed E-state index contributed by atoms with van der Waals surface area (Å²) >= 11 is 17.4. The molecule has 2 nitrogen and oxygen atoms in total. The fraction of sp³-hybridized carbons (Fsp3) is 0.286. The van der Waals surface area contributed by atoms with Crippen molar-refractivity contribution in [1.82, 2.24) is 9.97 Å². The molecular formula is C14H14Cl2N2S. The maximum Gasteiger partial charge on any atom is 0.130 e. The van der Waals surface area contributed by atoms with Gasteiger partial charge in [-0.3, -0.25) is 0 Å². The molecule has 0 aliphatic carbocycles. The molecule has 0 fully saturated rings. The molecule has 0 unspecified atom stereocenters. The van der Waals surface area contributed by atoms with Crippen LogP contribution in [0.15, 0.2) is 24.3 Å². The number of nitrogens with zero attached hydrogens (tertiary/aromatic N) is 1. The lowest BCUT2D eigenvalue weighted by Gasteiger charge is -2.18. The van der Waals surface area contributed by atoms with Crippen LogP contribution >= 0.6 is 35.4 Å². The number of hydrogen-bond donors (Lipinski definition) is 1. The average molecular weight is 313 g/mol. The molecule has 1 N–H and O–H groups in total. The largest absolute Gasteiger partial charge is 0.343 e. The number of aromatic nitrogens is 2. The van der Waals surface area contributed by atoms with Crippen molar-refractivity contribution in [2.24, 2.45) is 0 Å². The highest BCUT2D eigenvalue weighted by Gasteiger charge is 2.17. The van der Waals surface area contributed by atoms with Gasteiger partial charge in [-0.05, 0) is 24.3 Å². The molecule has 19 heavy (non-hydrogen) atoms. The monoisotopic (exact) mass is 312 g/mol. The highest BCUT2D eigenvalue weighted by atomic mass is 35.5. The second kappa shape index (κ2) is 5.23. The SMILES string of the molecule is CC(C)(C)c1nc(=S)cc(-c2ccc(Cl)cc2Cl)[nH]1. The topological polar surface area (TPSA) is 28.7 Å². The molecule has 0 atom stereocenters. The fourth-order valence-corrected chi connectivity index (χ4v) is 2.39. The van der Waals surface area contributed by atoms with Gasteiger partial charge in [0.05, 0.1) is 10.7 Å². The van der Waals surface area contributed by atoms with Crippen molar-refractivity contribution in [3.8, 4) is 11.3 Å². The predicted molar refractivity (Wildman–Crippen MR) is 83.6 cm³/mol. The van der Waals surface area contributed by atoms with E-state index >= 15 is 0 Å². The first-order valence-corrected chi connectivity index (χ1v) is 7.01. The molecule has 5 heteroatoms. The number of H-pyrrole nitrogens is 1. The molecule has 1 aromatic heterocycles. The summed E-state index contributed by atoms with van der Waals surface area (Å²) in [6.07, 6.45) is 0. The number of hydrogen-bond acceptors (Lipinski definition) is 2. The first-order chi connectivity index (χ1) is 8.77. The zero-order valence-corrected chi connectivity index (χ0v) is 13.2. The van der Waals surface area contributed by atoms with E-state index in [0.717, 1.165) is 17.1 Å². The lowest BCUT2D eigenvalue weighted by molar-refractivity contribution is 0.545. The summed E-state index contributed by atoms with van der Waals surface area (Å²) in [6, 6.07) is 7.20. The minimum absolute atomic E-state index is 0.109. The lowest BCUT2D eigenvalue weighted by Crippen LogP contribution is -2.16. The van der Waals surface area contributed by atoms with Crippen LogP contribution in [-0.2, 0) is 5.41 Å². The van der Waals surface area contributed by atoms with Crippen molar-refractivity contribution in [3.63, 3.8) is 0 Å². The highest BCUT2D eigenvalue weighted by molar-refractivity contribution is 7.71. The molecule has 0 aliphatic heterocycles. The van der Waals surface area contributed by atoms with Gasteiger partial charge in [0.1, 0.15) is 10.5 Å². The summed E-state index contributed by atoms with van der Waals surface area (Å²) in [5.41, 5.74) is 1.61. The van der Waals surface area contributed by atoms with Gasteiger partial charge in [-0.2, -0.15) is 0 Å². The third-order valence-corrected chi connectivity index (χ3v) is 3.43. The summed E-state index contributed by atoms with van der Waals surface area (Å²) in [7, 11) is 0. The fourth-order valence-electron chi connectivity index (χ4n) is 1.67. The minimum atomic E-state index is -0.109. The van der Waals surface area contributed by atoms with Crippen LogP contribution < -0.4 is 0 Å². The van der Waals surface area contributed by atoms with Crippen LogP contribution in [0.2, 0.25) is 10.0 Å². The van der Waals surface area contributed by atoms with Crippen molar-refractivity contribution in [3.05, 3.63) is 44.8 Å². The van der Waals surface area contributed by atoms with Gasteiger partial charge >= 0.3 is 0 Å². The average Bonchev–Trinajstić information content (AvgIpc) is 2.26. The third kappa shape index (κ3) is 3.35. The van der Waals surface area contributed by atoms with Crippen molar-refractivity contribution >= 4 is 35.4 Å². The zero-order valence-electron chi connectivity index (χ0n) is 10.9. The number of halogens is 2. The molecule has 0 aliphatic rings. The van der Waals surface area contributed by atoms with E-state index in [0.29, 0.717) is 14.7 Å². The van der Waals surface area contributed by atoms with E-state index in [1.165, 1.54) is 0 Å². The molecule has 0 saturated carbocycles. The number of aromatic amines is 1. The van der Waals surface area contributed by atoms with Crippen molar-refractivity contribution in [1.29, 1.82) is 0 Å². The van der Waals surface area contributed by atoms with Gasteiger partial charge in [-0.15, -0.1) is 0 Å². The molecule has 0 spiro atoms. The molecule has 0 amide bonds. The first-order valence-electron chi connectivity index (χ1n) is 5.84. The Kier molecular flexibility index (Phi) is 4.00. The van der Waals surface area contributed by atoms with E-state index in [1.807, 2.05) is 6.07 Å². The quantitative estimate of drug-likeness (QED) is 0.713. The van der Waals surface area contributed by atoms with Crippen LogP contribution in [0.3, 0.4) is 0 Å². The molecule has 0 bridgehead atoms. The van der Waals surface area contributed by atoms with Crippen LogP contribution in [0.25, 0.3) is 11.3 Å². The Bertz CT molecular complexity index is 672. The lowest BCUT2D eigenvalue weighted by atomic mass is 9.95. The van der Waals surface area contributed by atoms with Gasteiger partial charge in [0.15, 0.2) is 0 Å². The Labute approximate surface area is 127 Å². The van der Waals surface area contributed by atoms with E-state index in [1.54, 1.807) is 18.2 Å². The van der Waals surface area contributed by atoms with Crippen molar-refractivity contribution < 1.29 is 0 Å². The Morgan fingerprint density at radius 1 is 1.16 bits per heavy atom. The van der Waals surface area contributed by atoms with Gasteiger partial charge in [0, 0.05) is 16.0 Å². The normalized spacial score (nSPS) is 11.6. The second-order valence-corrected chi connectivity index (χ2v) is 6.62. The van der Waals surface area contributed by atoms with Gasteiger partial charge in [-0.1, -0.05) is 56.2 Å². The van der Waals surface area contributed by atoms with E-state index in [4.69, 9.17) is 35.4 Å². The summed E-state index contributed by atoms with van der Waals surface area (Å²) in [4.78, 5) is 7.66. The number of benzene rings is 1. The highest BCUT2D eigenvalue weighted by Crippen LogP contribution is 2.30. The summed E-state index contributed by atoms with van der Waals surface area (Å²) < 4.78 is 0.546. The first kappa shape index (κ1) is 14.5. The molecule has 2 rings (SSSR count).